The summed E-state index contributed by atoms with van der Waals surface area (Å²) in [5.41, 5.74) is 5.59. The second-order valence-electron chi connectivity index (χ2n) is 3.05. The van der Waals surface area contributed by atoms with Crippen molar-refractivity contribution in [2.75, 3.05) is 13.7 Å². The summed E-state index contributed by atoms with van der Waals surface area (Å²) in [5.74, 6) is 0.439. The number of hydrogen-bond donors (Lipinski definition) is 1. The van der Waals surface area contributed by atoms with Gasteiger partial charge in [0.1, 0.15) is 0 Å². The van der Waals surface area contributed by atoms with E-state index < -0.39 is 5.91 Å². The molecule has 15 heavy (non-hydrogen) atoms. The van der Waals surface area contributed by atoms with E-state index in [2.05, 4.69) is 0 Å². The number of methoxy groups -OCH3 is 1. The van der Waals surface area contributed by atoms with Crippen molar-refractivity contribution in [1.29, 1.82) is 0 Å². The van der Waals surface area contributed by atoms with Crippen molar-refractivity contribution in [3.63, 3.8) is 0 Å². The number of amides is 1. The van der Waals surface area contributed by atoms with Crippen molar-refractivity contribution in [2.45, 2.75) is 13.3 Å². The Hall–Kier alpha value is -1.71. The third-order valence-electron chi connectivity index (χ3n) is 1.91. The maximum atomic E-state index is 11.1. The summed E-state index contributed by atoms with van der Waals surface area (Å²) in [4.78, 5) is 11.1. The molecule has 82 valence electrons. The fourth-order valence-electron chi connectivity index (χ4n) is 1.22. The van der Waals surface area contributed by atoms with Crippen LogP contribution in [-0.4, -0.2) is 19.6 Å². The van der Waals surface area contributed by atoms with E-state index in [0.717, 1.165) is 6.42 Å². The number of para-hydroxylation sites is 1. The molecule has 1 rings (SSSR count). The number of ether oxygens (including phenoxy) is 2. The molecule has 1 amide bonds. The van der Waals surface area contributed by atoms with Crippen LogP contribution in [0.2, 0.25) is 0 Å². The zero-order chi connectivity index (χ0) is 11.3. The van der Waals surface area contributed by atoms with Crippen LogP contribution in [0.5, 0.6) is 11.5 Å². The second kappa shape index (κ2) is 5.24. The molecule has 0 saturated heterocycles. The molecule has 4 nitrogen and oxygen atoms in total. The fraction of sp³-hybridized carbons (Fsp3) is 0.364. The maximum absolute atomic E-state index is 11.1. The van der Waals surface area contributed by atoms with Gasteiger partial charge in [-0.25, -0.2) is 0 Å². The number of carbonyl (C=O) groups excluding carboxylic acids is 1. The average molecular weight is 209 g/mol. The Morgan fingerprint density at radius 3 is 2.73 bits per heavy atom. The molecule has 1 aromatic carbocycles. The largest absolute Gasteiger partial charge is 0.493 e. The normalized spacial score (nSPS) is 9.73. The first-order chi connectivity index (χ1) is 7.20. The Labute approximate surface area is 89.0 Å². The summed E-state index contributed by atoms with van der Waals surface area (Å²) >= 11 is 0. The van der Waals surface area contributed by atoms with Crippen LogP contribution in [0.4, 0.5) is 0 Å². The van der Waals surface area contributed by atoms with Crippen molar-refractivity contribution in [2.24, 2.45) is 5.73 Å². The first-order valence-electron chi connectivity index (χ1n) is 4.80. The summed E-state index contributed by atoms with van der Waals surface area (Å²) in [7, 11) is 1.53. The molecule has 0 fully saturated rings. The Bertz CT molecular complexity index is 350. The van der Waals surface area contributed by atoms with Crippen LogP contribution in [0, 0.1) is 0 Å². The van der Waals surface area contributed by atoms with Gasteiger partial charge in [-0.3, -0.25) is 4.79 Å². The van der Waals surface area contributed by atoms with Crippen LogP contribution in [0.25, 0.3) is 0 Å². The third-order valence-corrected chi connectivity index (χ3v) is 1.91. The summed E-state index contributed by atoms with van der Waals surface area (Å²) in [5, 5.41) is 0. The molecule has 0 unspecified atom stereocenters. The lowest BCUT2D eigenvalue weighted by molar-refractivity contribution is 0.0995. The van der Waals surface area contributed by atoms with E-state index in [9.17, 15) is 4.79 Å². The highest BCUT2D eigenvalue weighted by atomic mass is 16.5. The predicted molar refractivity (Wildman–Crippen MR) is 57.3 cm³/mol. The van der Waals surface area contributed by atoms with E-state index in [0.29, 0.717) is 23.7 Å². The lowest BCUT2D eigenvalue weighted by Gasteiger charge is -2.12. The van der Waals surface area contributed by atoms with Gasteiger partial charge in [-0.2, -0.15) is 0 Å². The highest BCUT2D eigenvalue weighted by Gasteiger charge is 2.13. The van der Waals surface area contributed by atoms with Crippen LogP contribution in [-0.2, 0) is 0 Å². The Morgan fingerprint density at radius 1 is 1.47 bits per heavy atom. The minimum atomic E-state index is -0.514. The molecular weight excluding hydrogens is 194 g/mol. The molecule has 0 aliphatic rings. The van der Waals surface area contributed by atoms with Gasteiger partial charge < -0.3 is 15.2 Å². The summed E-state index contributed by atoms with van der Waals surface area (Å²) < 4.78 is 10.5. The van der Waals surface area contributed by atoms with Crippen LogP contribution in [0.3, 0.4) is 0 Å². The van der Waals surface area contributed by atoms with Gasteiger partial charge in [0, 0.05) is 0 Å². The Balaban J connectivity index is 3.08. The van der Waals surface area contributed by atoms with Crippen molar-refractivity contribution in [3.8, 4) is 11.5 Å². The van der Waals surface area contributed by atoms with Crippen LogP contribution in [0.1, 0.15) is 23.7 Å². The molecule has 0 bridgehead atoms. The van der Waals surface area contributed by atoms with Crippen LogP contribution >= 0.6 is 0 Å². The molecule has 1 aromatic rings. The van der Waals surface area contributed by atoms with E-state index in [4.69, 9.17) is 15.2 Å². The third kappa shape index (κ3) is 2.62. The zero-order valence-corrected chi connectivity index (χ0v) is 8.95. The number of rotatable bonds is 5. The molecule has 0 spiro atoms. The Morgan fingerprint density at radius 2 is 2.20 bits per heavy atom. The topological polar surface area (TPSA) is 61.6 Å². The summed E-state index contributed by atoms with van der Waals surface area (Å²) in [6, 6.07) is 5.06. The lowest BCUT2D eigenvalue weighted by Crippen LogP contribution is -2.13. The smallest absolute Gasteiger partial charge is 0.252 e. The summed E-state index contributed by atoms with van der Waals surface area (Å²) in [6.45, 7) is 2.51. The minimum Gasteiger partial charge on any atom is -0.493 e. The van der Waals surface area contributed by atoms with E-state index in [1.807, 2.05) is 6.92 Å². The van der Waals surface area contributed by atoms with Gasteiger partial charge >= 0.3 is 0 Å². The van der Waals surface area contributed by atoms with Crippen molar-refractivity contribution in [3.05, 3.63) is 23.8 Å². The molecule has 4 heteroatoms. The molecule has 0 radical (unpaired) electrons. The first kappa shape index (κ1) is 11.4. The van der Waals surface area contributed by atoms with Gasteiger partial charge in [-0.1, -0.05) is 13.0 Å². The van der Waals surface area contributed by atoms with Crippen LogP contribution < -0.4 is 15.2 Å². The quantitative estimate of drug-likeness (QED) is 0.800. The molecule has 0 atom stereocenters. The molecule has 0 heterocycles. The molecular formula is C11H15NO3. The Kier molecular flexibility index (Phi) is 3.97. The SMILES string of the molecule is CCCOc1c(OC)cccc1C(N)=O. The first-order valence-corrected chi connectivity index (χ1v) is 4.80. The van der Waals surface area contributed by atoms with Gasteiger partial charge in [0.25, 0.3) is 5.91 Å². The second-order valence-corrected chi connectivity index (χ2v) is 3.05. The average Bonchev–Trinajstić information content (AvgIpc) is 2.25. The fourth-order valence-corrected chi connectivity index (χ4v) is 1.22. The summed E-state index contributed by atoms with van der Waals surface area (Å²) in [6.07, 6.45) is 0.857. The number of primary amides is 1. The van der Waals surface area contributed by atoms with Crippen molar-refractivity contribution >= 4 is 5.91 Å². The lowest BCUT2D eigenvalue weighted by atomic mass is 10.2. The van der Waals surface area contributed by atoms with E-state index in [1.165, 1.54) is 7.11 Å². The number of nitrogens with two attached hydrogens (primary N) is 1. The zero-order valence-electron chi connectivity index (χ0n) is 8.95. The molecule has 0 aliphatic carbocycles. The molecule has 0 aliphatic heterocycles. The van der Waals surface area contributed by atoms with Crippen LogP contribution in [0.15, 0.2) is 18.2 Å². The van der Waals surface area contributed by atoms with Gasteiger partial charge in [0.15, 0.2) is 11.5 Å². The van der Waals surface area contributed by atoms with Gasteiger partial charge in [0.05, 0.1) is 19.3 Å². The standard InChI is InChI=1S/C11H15NO3/c1-3-7-15-10-8(11(12)13)5-4-6-9(10)14-2/h4-6H,3,7H2,1-2H3,(H2,12,13). The monoisotopic (exact) mass is 209 g/mol. The van der Waals surface area contributed by atoms with Crippen molar-refractivity contribution < 1.29 is 14.3 Å². The van der Waals surface area contributed by atoms with E-state index in [1.54, 1.807) is 18.2 Å². The minimum absolute atomic E-state index is 0.350. The molecule has 0 saturated carbocycles. The number of carbonyl (C=O) groups is 1. The molecule has 0 aromatic heterocycles. The van der Waals surface area contributed by atoms with Crippen molar-refractivity contribution in [1.82, 2.24) is 0 Å². The number of benzene rings is 1. The van der Waals surface area contributed by atoms with E-state index >= 15 is 0 Å². The van der Waals surface area contributed by atoms with Gasteiger partial charge in [-0.05, 0) is 18.6 Å². The van der Waals surface area contributed by atoms with Gasteiger partial charge in [-0.15, -0.1) is 0 Å². The number of hydrogen-bond acceptors (Lipinski definition) is 3. The van der Waals surface area contributed by atoms with Gasteiger partial charge in [0.2, 0.25) is 0 Å². The van der Waals surface area contributed by atoms with E-state index in [-0.39, 0.29) is 0 Å². The molecule has 2 N–H and O–H groups in total. The highest BCUT2D eigenvalue weighted by Crippen LogP contribution is 2.30. The predicted octanol–water partition coefficient (Wildman–Crippen LogP) is 1.58. The highest BCUT2D eigenvalue weighted by molar-refractivity contribution is 5.96. The maximum Gasteiger partial charge on any atom is 0.252 e.